The first-order chi connectivity index (χ1) is 6.74. The number of hydrogen-bond acceptors (Lipinski definition) is 2. The molecule has 0 fully saturated rings. The van der Waals surface area contributed by atoms with E-state index in [0.717, 1.165) is 0 Å². The Hall–Kier alpha value is -1.06. The molecule has 0 rings (SSSR count). The lowest BCUT2D eigenvalue weighted by Gasteiger charge is -1.93. The van der Waals surface area contributed by atoms with E-state index in [-0.39, 0.29) is 12.9 Å². The first-order valence-electron chi connectivity index (χ1n) is 4.90. The van der Waals surface area contributed by atoms with E-state index in [1.165, 1.54) is 38.5 Å². The normalized spacial score (nSPS) is 7.29. The van der Waals surface area contributed by atoms with E-state index in [9.17, 15) is 0 Å². The number of hydrogen-bond donors (Lipinski definition) is 2. The average Bonchev–Trinajstić information content (AvgIpc) is 2.15. The van der Waals surface area contributed by atoms with E-state index in [4.69, 9.17) is 19.8 Å². The van der Waals surface area contributed by atoms with Gasteiger partial charge in [-0.25, -0.2) is 0 Å². The summed E-state index contributed by atoms with van der Waals surface area (Å²) in [5.41, 5.74) is 0. The Morgan fingerprint density at radius 2 is 1.00 bits per heavy atom. The highest BCUT2D eigenvalue weighted by molar-refractivity contribution is 5.32. The van der Waals surface area contributed by atoms with Crippen molar-refractivity contribution in [2.24, 2.45) is 0 Å². The van der Waals surface area contributed by atoms with E-state index >= 15 is 0 Å². The molecule has 0 radical (unpaired) electrons. The van der Waals surface area contributed by atoms with Gasteiger partial charge >= 0.3 is 0 Å². The third kappa shape index (κ3) is 69.6. The predicted molar refractivity (Wildman–Crippen MR) is 56.4 cm³/mol. The molecule has 0 saturated carbocycles. The maximum Gasteiger partial charge on any atom is 0.290 e. The number of carboxylic acid groups (broad SMARTS) is 2. The summed E-state index contributed by atoms with van der Waals surface area (Å²) in [6.45, 7) is 4.01. The van der Waals surface area contributed by atoms with E-state index < -0.39 is 0 Å². The van der Waals surface area contributed by atoms with Crippen molar-refractivity contribution in [3.8, 4) is 0 Å². The molecule has 0 amide bonds. The van der Waals surface area contributed by atoms with Crippen LogP contribution in [0.25, 0.3) is 0 Å². The topological polar surface area (TPSA) is 74.6 Å². The van der Waals surface area contributed by atoms with Gasteiger partial charge in [0, 0.05) is 0 Å². The molecule has 0 spiro atoms. The lowest BCUT2D eigenvalue weighted by molar-refractivity contribution is -0.123. The summed E-state index contributed by atoms with van der Waals surface area (Å²) in [6.07, 6.45) is 8.49. The molecule has 4 heteroatoms. The van der Waals surface area contributed by atoms with Crippen molar-refractivity contribution in [1.82, 2.24) is 0 Å². The van der Waals surface area contributed by atoms with Gasteiger partial charge in [-0.2, -0.15) is 0 Å². The Morgan fingerprint density at radius 3 is 1.14 bits per heavy atom. The fraction of sp³-hybridized carbons (Fsp3) is 0.800. The molecule has 2 N–H and O–H groups in total. The van der Waals surface area contributed by atoms with Gasteiger partial charge in [0.2, 0.25) is 0 Å². The SMILES string of the molecule is CCCCCCCC.O=CO.O=CO. The summed E-state index contributed by atoms with van der Waals surface area (Å²) in [6, 6.07) is 0. The molecule has 0 heterocycles. The minimum absolute atomic E-state index is 0.250. The summed E-state index contributed by atoms with van der Waals surface area (Å²) in [5.74, 6) is 0. The van der Waals surface area contributed by atoms with Crippen molar-refractivity contribution in [2.45, 2.75) is 52.4 Å². The molecule has 0 aromatic carbocycles. The predicted octanol–water partition coefficient (Wildman–Crippen LogP) is 2.77. The zero-order valence-electron chi connectivity index (χ0n) is 9.11. The summed E-state index contributed by atoms with van der Waals surface area (Å²) in [4.78, 5) is 16.7. The van der Waals surface area contributed by atoms with Gasteiger partial charge in [-0.3, -0.25) is 9.59 Å². The first-order valence-corrected chi connectivity index (χ1v) is 4.90. The van der Waals surface area contributed by atoms with Gasteiger partial charge in [0.25, 0.3) is 12.9 Å². The van der Waals surface area contributed by atoms with Crippen LogP contribution in [0.15, 0.2) is 0 Å². The second-order valence-electron chi connectivity index (χ2n) is 2.63. The van der Waals surface area contributed by atoms with Crippen LogP contribution in [0, 0.1) is 0 Å². The Morgan fingerprint density at radius 1 is 0.786 bits per heavy atom. The minimum Gasteiger partial charge on any atom is -0.483 e. The van der Waals surface area contributed by atoms with Gasteiger partial charge in [0.1, 0.15) is 0 Å². The molecule has 0 aliphatic heterocycles. The largest absolute Gasteiger partial charge is 0.483 e. The molecule has 0 unspecified atom stereocenters. The standard InChI is InChI=1S/C8H18.2CH2O2/c1-3-5-7-8-6-4-2;2*2-1-3/h3-8H2,1-2H3;2*1H,(H,2,3). The smallest absolute Gasteiger partial charge is 0.290 e. The summed E-state index contributed by atoms with van der Waals surface area (Å²) in [7, 11) is 0. The fourth-order valence-electron chi connectivity index (χ4n) is 0.854. The summed E-state index contributed by atoms with van der Waals surface area (Å²) in [5, 5.41) is 13.8. The Labute approximate surface area is 85.9 Å². The molecule has 86 valence electrons. The molecular weight excluding hydrogens is 184 g/mol. The third-order valence-electron chi connectivity index (χ3n) is 1.46. The van der Waals surface area contributed by atoms with Gasteiger partial charge in [-0.15, -0.1) is 0 Å². The monoisotopic (exact) mass is 206 g/mol. The minimum atomic E-state index is -0.250. The van der Waals surface area contributed by atoms with Crippen molar-refractivity contribution in [2.75, 3.05) is 0 Å². The van der Waals surface area contributed by atoms with Gasteiger partial charge in [0.05, 0.1) is 0 Å². The highest BCUT2D eigenvalue weighted by Crippen LogP contribution is 2.03. The summed E-state index contributed by atoms with van der Waals surface area (Å²) >= 11 is 0. The summed E-state index contributed by atoms with van der Waals surface area (Å²) < 4.78 is 0. The number of carbonyl (C=O) groups is 2. The molecule has 0 aromatic heterocycles. The van der Waals surface area contributed by atoms with Crippen LogP contribution in [0.2, 0.25) is 0 Å². The molecule has 0 atom stereocenters. The fourth-order valence-corrected chi connectivity index (χ4v) is 0.854. The Balaban J connectivity index is -0.000000168. The third-order valence-corrected chi connectivity index (χ3v) is 1.46. The van der Waals surface area contributed by atoms with Crippen molar-refractivity contribution < 1.29 is 19.8 Å². The maximum atomic E-state index is 8.36. The van der Waals surface area contributed by atoms with E-state index in [2.05, 4.69) is 13.8 Å². The van der Waals surface area contributed by atoms with Crippen LogP contribution < -0.4 is 0 Å². The van der Waals surface area contributed by atoms with E-state index in [1.807, 2.05) is 0 Å². The molecule has 0 aliphatic rings. The highest BCUT2D eigenvalue weighted by atomic mass is 16.3. The Kier molecular flexibility index (Phi) is 39.6. The van der Waals surface area contributed by atoms with Crippen molar-refractivity contribution >= 4 is 12.9 Å². The first kappa shape index (κ1) is 18.7. The zero-order valence-corrected chi connectivity index (χ0v) is 9.11. The second kappa shape index (κ2) is 29.7. The average molecular weight is 206 g/mol. The molecule has 14 heavy (non-hydrogen) atoms. The van der Waals surface area contributed by atoms with Crippen molar-refractivity contribution in [1.29, 1.82) is 0 Å². The zero-order chi connectivity index (χ0) is 11.7. The van der Waals surface area contributed by atoms with Crippen LogP contribution in [0.3, 0.4) is 0 Å². The molecule has 4 nitrogen and oxygen atoms in total. The molecule has 0 aliphatic carbocycles. The van der Waals surface area contributed by atoms with Gasteiger partial charge < -0.3 is 10.2 Å². The van der Waals surface area contributed by atoms with Crippen LogP contribution in [0.4, 0.5) is 0 Å². The Bertz CT molecular complexity index is 82.1. The molecule has 0 bridgehead atoms. The molecule has 0 saturated heterocycles. The molecular formula is C10H22O4. The van der Waals surface area contributed by atoms with Crippen LogP contribution in [0.1, 0.15) is 52.4 Å². The van der Waals surface area contributed by atoms with Crippen molar-refractivity contribution in [3.05, 3.63) is 0 Å². The van der Waals surface area contributed by atoms with Gasteiger partial charge in [-0.1, -0.05) is 52.4 Å². The second-order valence-corrected chi connectivity index (χ2v) is 2.63. The lowest BCUT2D eigenvalue weighted by Crippen LogP contribution is -1.73. The van der Waals surface area contributed by atoms with E-state index in [0.29, 0.717) is 0 Å². The van der Waals surface area contributed by atoms with Crippen molar-refractivity contribution in [3.63, 3.8) is 0 Å². The highest BCUT2D eigenvalue weighted by Gasteiger charge is 1.83. The van der Waals surface area contributed by atoms with Gasteiger partial charge in [-0.05, 0) is 0 Å². The van der Waals surface area contributed by atoms with Crippen LogP contribution in [-0.2, 0) is 9.59 Å². The van der Waals surface area contributed by atoms with E-state index in [1.54, 1.807) is 0 Å². The number of rotatable bonds is 5. The maximum absolute atomic E-state index is 8.36. The van der Waals surface area contributed by atoms with Gasteiger partial charge in [0.15, 0.2) is 0 Å². The quantitative estimate of drug-likeness (QED) is 0.535. The molecule has 0 aromatic rings. The number of unbranched alkanes of at least 4 members (excludes halogenated alkanes) is 5. The van der Waals surface area contributed by atoms with Crippen LogP contribution >= 0.6 is 0 Å². The van der Waals surface area contributed by atoms with Crippen LogP contribution in [-0.4, -0.2) is 23.2 Å². The lowest BCUT2D eigenvalue weighted by atomic mass is 10.1. The van der Waals surface area contributed by atoms with Crippen LogP contribution in [0.5, 0.6) is 0 Å².